The molecule has 0 spiro atoms. The molecule has 0 aromatic heterocycles. The van der Waals surface area contributed by atoms with E-state index in [-0.39, 0.29) is 17.0 Å². The van der Waals surface area contributed by atoms with E-state index < -0.39 is 17.0 Å². The van der Waals surface area contributed by atoms with Crippen LogP contribution in [-0.2, 0) is 9.53 Å². The highest BCUT2D eigenvalue weighted by Gasteiger charge is 2.23. The molecule has 1 aliphatic heterocycles. The molecule has 2 rings (SSSR count). The van der Waals surface area contributed by atoms with E-state index in [1.54, 1.807) is 0 Å². The van der Waals surface area contributed by atoms with Crippen LogP contribution >= 0.6 is 0 Å². The molecule has 7 heteroatoms. The Morgan fingerprint density at radius 2 is 1.48 bits per heavy atom. The number of ketones is 1. The lowest BCUT2D eigenvalue weighted by atomic mass is 10.0. The standard InChI is InChI=1S/C24H36N2O5/c1-25-18-10-6-2-4-8-12-22(27)23(13-9-5-3-7-11-19-25)31-24(28)20-14-16-21(17-15-20)26(29)30/h14-17,23H,2-13,18-19H2,1H3. The maximum absolute atomic E-state index is 12.7. The molecular formula is C24H36N2O5. The van der Waals surface area contributed by atoms with Crippen LogP contribution in [0.4, 0.5) is 5.69 Å². The minimum atomic E-state index is -0.732. The largest absolute Gasteiger partial charge is 0.451 e. The van der Waals surface area contributed by atoms with E-state index in [1.807, 2.05) is 0 Å². The molecule has 0 N–H and O–H groups in total. The maximum Gasteiger partial charge on any atom is 0.338 e. The molecular weight excluding hydrogens is 396 g/mol. The second-order valence-corrected chi connectivity index (χ2v) is 8.54. The average Bonchev–Trinajstić information content (AvgIpc) is 2.76. The number of nitro groups is 1. The first-order chi connectivity index (χ1) is 15.0. The summed E-state index contributed by atoms with van der Waals surface area (Å²) in [5.74, 6) is -0.610. The van der Waals surface area contributed by atoms with Crippen molar-refractivity contribution in [3.8, 4) is 0 Å². The van der Waals surface area contributed by atoms with E-state index in [1.165, 1.54) is 49.9 Å². The highest BCUT2D eigenvalue weighted by Crippen LogP contribution is 2.18. The number of hydrogen-bond acceptors (Lipinski definition) is 6. The van der Waals surface area contributed by atoms with Crippen LogP contribution in [0.3, 0.4) is 0 Å². The fourth-order valence-corrected chi connectivity index (χ4v) is 3.93. The average molecular weight is 433 g/mol. The van der Waals surface area contributed by atoms with Crippen molar-refractivity contribution in [2.75, 3.05) is 20.1 Å². The van der Waals surface area contributed by atoms with Gasteiger partial charge in [0, 0.05) is 18.6 Å². The molecule has 172 valence electrons. The van der Waals surface area contributed by atoms with Crippen molar-refractivity contribution in [2.45, 2.75) is 83.2 Å². The van der Waals surface area contributed by atoms with Gasteiger partial charge in [-0.05, 0) is 64.4 Å². The van der Waals surface area contributed by atoms with Crippen LogP contribution < -0.4 is 0 Å². The number of esters is 1. The van der Waals surface area contributed by atoms with Crippen LogP contribution in [0.1, 0.15) is 87.4 Å². The van der Waals surface area contributed by atoms with Crippen LogP contribution in [0.15, 0.2) is 24.3 Å². The third kappa shape index (κ3) is 9.59. The van der Waals surface area contributed by atoms with Crippen molar-refractivity contribution in [3.05, 3.63) is 39.9 Å². The summed E-state index contributed by atoms with van der Waals surface area (Å²) in [6.45, 7) is 2.27. The minimum Gasteiger partial charge on any atom is -0.451 e. The van der Waals surface area contributed by atoms with E-state index in [2.05, 4.69) is 11.9 Å². The Kier molecular flexibility index (Phi) is 11.2. The number of non-ortho nitro benzene ring substituents is 1. The van der Waals surface area contributed by atoms with Gasteiger partial charge in [-0.1, -0.05) is 38.5 Å². The Labute approximate surface area is 185 Å². The Morgan fingerprint density at radius 1 is 0.935 bits per heavy atom. The van der Waals surface area contributed by atoms with E-state index in [4.69, 9.17) is 4.74 Å². The second kappa shape index (κ2) is 13.9. The van der Waals surface area contributed by atoms with Crippen LogP contribution in [-0.4, -0.2) is 47.8 Å². The molecule has 1 fully saturated rings. The van der Waals surface area contributed by atoms with Gasteiger partial charge in [0.05, 0.1) is 10.5 Å². The first-order valence-electron chi connectivity index (χ1n) is 11.6. The molecule has 1 aliphatic rings. The van der Waals surface area contributed by atoms with Gasteiger partial charge in [-0.2, -0.15) is 0 Å². The molecule has 0 bridgehead atoms. The number of nitrogens with zero attached hydrogens (tertiary/aromatic N) is 2. The van der Waals surface area contributed by atoms with Gasteiger partial charge in [-0.3, -0.25) is 14.9 Å². The molecule has 7 nitrogen and oxygen atoms in total. The summed E-state index contributed by atoms with van der Waals surface area (Å²) in [5, 5.41) is 10.8. The van der Waals surface area contributed by atoms with E-state index in [0.29, 0.717) is 12.8 Å². The molecule has 1 saturated heterocycles. The summed E-state index contributed by atoms with van der Waals surface area (Å²) >= 11 is 0. The number of rotatable bonds is 3. The van der Waals surface area contributed by atoms with Crippen molar-refractivity contribution in [1.29, 1.82) is 0 Å². The van der Waals surface area contributed by atoms with E-state index in [9.17, 15) is 19.7 Å². The molecule has 1 aromatic carbocycles. The molecule has 1 heterocycles. The summed E-state index contributed by atoms with van der Waals surface area (Å²) in [4.78, 5) is 37.9. The topological polar surface area (TPSA) is 89.8 Å². The fraction of sp³-hybridized carbons (Fsp3) is 0.667. The first-order valence-corrected chi connectivity index (χ1v) is 11.6. The summed E-state index contributed by atoms with van der Waals surface area (Å²) in [6, 6.07) is 5.30. The summed E-state index contributed by atoms with van der Waals surface area (Å²) < 4.78 is 5.56. The van der Waals surface area contributed by atoms with E-state index in [0.717, 1.165) is 51.6 Å². The molecule has 31 heavy (non-hydrogen) atoms. The Bertz CT molecular complexity index is 704. The molecule has 0 aliphatic carbocycles. The van der Waals surface area contributed by atoms with Gasteiger partial charge >= 0.3 is 5.97 Å². The lowest BCUT2D eigenvalue weighted by Crippen LogP contribution is -2.27. The third-order valence-corrected chi connectivity index (χ3v) is 5.89. The molecule has 0 amide bonds. The van der Waals surface area contributed by atoms with Gasteiger partial charge in [0.15, 0.2) is 11.9 Å². The molecule has 0 radical (unpaired) electrons. The van der Waals surface area contributed by atoms with Gasteiger partial charge in [-0.15, -0.1) is 0 Å². The SMILES string of the molecule is CN1CCCCCCCC(=O)C(OC(=O)c2ccc([N+](=O)[O-])cc2)CCCCCCC1. The van der Waals surface area contributed by atoms with Crippen molar-refractivity contribution in [1.82, 2.24) is 4.90 Å². The highest BCUT2D eigenvalue weighted by atomic mass is 16.6. The zero-order valence-electron chi connectivity index (χ0n) is 18.7. The predicted molar refractivity (Wildman–Crippen MR) is 120 cm³/mol. The quantitative estimate of drug-likeness (QED) is 0.365. The zero-order chi connectivity index (χ0) is 22.5. The van der Waals surface area contributed by atoms with Crippen LogP contribution in [0.5, 0.6) is 0 Å². The fourth-order valence-electron chi connectivity index (χ4n) is 3.93. The third-order valence-electron chi connectivity index (χ3n) is 5.89. The molecule has 1 aromatic rings. The smallest absolute Gasteiger partial charge is 0.338 e. The maximum atomic E-state index is 12.7. The highest BCUT2D eigenvalue weighted by molar-refractivity contribution is 5.93. The van der Waals surface area contributed by atoms with Gasteiger partial charge in [-0.25, -0.2) is 4.79 Å². The number of Topliss-reactive ketones (excluding diaryl/α,β-unsaturated/α-hetero) is 1. The van der Waals surface area contributed by atoms with Crippen molar-refractivity contribution < 1.29 is 19.2 Å². The Balaban J connectivity index is 1.93. The van der Waals surface area contributed by atoms with Gasteiger partial charge in [0.2, 0.25) is 0 Å². The predicted octanol–water partition coefficient (Wildman–Crippen LogP) is 5.32. The van der Waals surface area contributed by atoms with Crippen LogP contribution in [0.2, 0.25) is 0 Å². The zero-order valence-corrected chi connectivity index (χ0v) is 18.7. The minimum absolute atomic E-state index is 0.0145. The number of carbonyl (C=O) groups is 2. The number of benzene rings is 1. The normalized spacial score (nSPS) is 21.2. The molecule has 0 saturated carbocycles. The lowest BCUT2D eigenvalue weighted by molar-refractivity contribution is -0.384. The van der Waals surface area contributed by atoms with Crippen molar-refractivity contribution in [3.63, 3.8) is 0 Å². The molecule has 1 atom stereocenters. The monoisotopic (exact) mass is 432 g/mol. The van der Waals surface area contributed by atoms with Gasteiger partial charge in [0.1, 0.15) is 0 Å². The second-order valence-electron chi connectivity index (χ2n) is 8.54. The Morgan fingerprint density at radius 3 is 2.10 bits per heavy atom. The van der Waals surface area contributed by atoms with Crippen LogP contribution in [0.25, 0.3) is 0 Å². The first kappa shape index (κ1) is 25.0. The van der Waals surface area contributed by atoms with Gasteiger partial charge in [0.25, 0.3) is 5.69 Å². The van der Waals surface area contributed by atoms with Crippen molar-refractivity contribution in [2.24, 2.45) is 0 Å². The summed E-state index contributed by atoms with van der Waals surface area (Å²) in [7, 11) is 2.19. The summed E-state index contributed by atoms with van der Waals surface area (Å²) in [6.07, 6.45) is 10.9. The number of ether oxygens (including phenoxy) is 1. The number of carbonyl (C=O) groups excluding carboxylic acids is 2. The van der Waals surface area contributed by atoms with Gasteiger partial charge < -0.3 is 9.64 Å². The Hall–Kier alpha value is -2.28. The number of nitro benzene ring substituents is 1. The van der Waals surface area contributed by atoms with Crippen molar-refractivity contribution >= 4 is 17.4 Å². The van der Waals surface area contributed by atoms with Crippen LogP contribution in [0, 0.1) is 10.1 Å². The summed E-state index contributed by atoms with van der Waals surface area (Å²) in [5.41, 5.74) is 0.144. The lowest BCUT2D eigenvalue weighted by Gasteiger charge is -2.17. The molecule has 1 unspecified atom stereocenters. The van der Waals surface area contributed by atoms with E-state index >= 15 is 0 Å². The number of hydrogen-bond donors (Lipinski definition) is 0.